The molecule has 0 bridgehead atoms. The van der Waals surface area contributed by atoms with Crippen molar-refractivity contribution >= 4 is 15.9 Å². The van der Waals surface area contributed by atoms with Crippen molar-refractivity contribution in [1.82, 2.24) is 10.2 Å². The number of hydrogen-bond donors (Lipinski definition) is 1. The fourth-order valence-corrected chi connectivity index (χ4v) is 2.71. The predicted molar refractivity (Wildman–Crippen MR) is 79.6 cm³/mol. The predicted octanol–water partition coefficient (Wildman–Crippen LogP) is 1.88. The molecule has 0 amide bonds. The molecule has 1 heterocycles. The number of ether oxygens (including phenoxy) is 2. The molecule has 1 aliphatic heterocycles. The molecule has 1 aromatic carbocycles. The summed E-state index contributed by atoms with van der Waals surface area (Å²) in [6.07, 6.45) is 0.147. The van der Waals surface area contributed by atoms with Gasteiger partial charge in [-0.15, -0.1) is 0 Å². The number of halogens is 1. The van der Waals surface area contributed by atoms with Gasteiger partial charge in [0.15, 0.2) is 0 Å². The lowest BCUT2D eigenvalue weighted by Gasteiger charge is -2.30. The highest BCUT2D eigenvalue weighted by molar-refractivity contribution is 9.10. The van der Waals surface area contributed by atoms with Gasteiger partial charge in [0.25, 0.3) is 0 Å². The van der Waals surface area contributed by atoms with Crippen LogP contribution in [0.1, 0.15) is 5.56 Å². The molecule has 1 aliphatic rings. The Morgan fingerprint density at radius 3 is 3.11 bits per heavy atom. The molecule has 2 rings (SSSR count). The molecule has 5 heteroatoms. The Bertz CT molecular complexity index is 414. The molecule has 0 spiro atoms. The first-order valence-corrected chi connectivity index (χ1v) is 7.35. The summed E-state index contributed by atoms with van der Waals surface area (Å²) < 4.78 is 12.7. The topological polar surface area (TPSA) is 33.7 Å². The van der Waals surface area contributed by atoms with Gasteiger partial charge in [-0.2, -0.15) is 0 Å². The standard InChI is InChI=1S/C14H21BrN2O2/c1-16-8-11-4-3-5-13(15)14(11)19-10-12-9-17(2)6-7-18-12/h3-5,12,16H,6-10H2,1-2H3. The molecule has 1 N–H and O–H groups in total. The average molecular weight is 329 g/mol. The van der Waals surface area contributed by atoms with Crippen molar-refractivity contribution < 1.29 is 9.47 Å². The summed E-state index contributed by atoms with van der Waals surface area (Å²) >= 11 is 3.55. The maximum absolute atomic E-state index is 5.97. The number of likely N-dealkylation sites (N-methyl/N-ethyl adjacent to an activating group) is 1. The maximum Gasteiger partial charge on any atom is 0.138 e. The number of morpholine rings is 1. The second-order valence-electron chi connectivity index (χ2n) is 4.82. The molecule has 19 heavy (non-hydrogen) atoms. The Hall–Kier alpha value is -0.620. The van der Waals surface area contributed by atoms with Crippen LogP contribution in [-0.4, -0.2) is 51.4 Å². The second-order valence-corrected chi connectivity index (χ2v) is 5.68. The van der Waals surface area contributed by atoms with Crippen molar-refractivity contribution in [2.24, 2.45) is 0 Å². The fraction of sp³-hybridized carbons (Fsp3) is 0.571. The third-order valence-electron chi connectivity index (χ3n) is 3.17. The number of nitrogens with zero attached hydrogens (tertiary/aromatic N) is 1. The fourth-order valence-electron chi connectivity index (χ4n) is 2.19. The van der Waals surface area contributed by atoms with Crippen LogP contribution in [0.3, 0.4) is 0 Å². The molecule has 0 radical (unpaired) electrons. The minimum absolute atomic E-state index is 0.147. The minimum Gasteiger partial charge on any atom is -0.489 e. The third kappa shape index (κ3) is 4.18. The van der Waals surface area contributed by atoms with Crippen LogP contribution in [0, 0.1) is 0 Å². The van der Waals surface area contributed by atoms with Gasteiger partial charge in [-0.1, -0.05) is 12.1 Å². The van der Waals surface area contributed by atoms with E-state index in [2.05, 4.69) is 39.3 Å². The minimum atomic E-state index is 0.147. The van der Waals surface area contributed by atoms with E-state index in [-0.39, 0.29) is 6.10 Å². The quantitative estimate of drug-likeness (QED) is 0.894. The summed E-state index contributed by atoms with van der Waals surface area (Å²) in [6, 6.07) is 6.10. The highest BCUT2D eigenvalue weighted by Crippen LogP contribution is 2.29. The summed E-state index contributed by atoms with van der Waals surface area (Å²) in [5.41, 5.74) is 1.15. The first-order chi connectivity index (χ1) is 9.20. The molecule has 1 aromatic rings. The lowest BCUT2D eigenvalue weighted by atomic mass is 10.2. The van der Waals surface area contributed by atoms with Crippen LogP contribution >= 0.6 is 15.9 Å². The molecule has 1 unspecified atom stereocenters. The Morgan fingerprint density at radius 1 is 1.53 bits per heavy atom. The normalized spacial score (nSPS) is 20.5. The van der Waals surface area contributed by atoms with E-state index >= 15 is 0 Å². The van der Waals surface area contributed by atoms with Crippen molar-refractivity contribution in [3.63, 3.8) is 0 Å². The Balaban J connectivity index is 1.98. The Labute approximate surface area is 123 Å². The van der Waals surface area contributed by atoms with E-state index in [0.29, 0.717) is 6.61 Å². The van der Waals surface area contributed by atoms with Crippen LogP contribution < -0.4 is 10.1 Å². The zero-order chi connectivity index (χ0) is 13.7. The van der Waals surface area contributed by atoms with Gasteiger partial charge < -0.3 is 19.7 Å². The van der Waals surface area contributed by atoms with Gasteiger partial charge in [0.2, 0.25) is 0 Å². The summed E-state index contributed by atoms with van der Waals surface area (Å²) in [5, 5.41) is 3.16. The van der Waals surface area contributed by atoms with Gasteiger partial charge in [-0.3, -0.25) is 0 Å². The number of nitrogens with one attached hydrogen (secondary N) is 1. The van der Waals surface area contributed by atoms with Crippen molar-refractivity contribution in [2.45, 2.75) is 12.6 Å². The second kappa shape index (κ2) is 7.24. The lowest BCUT2D eigenvalue weighted by molar-refractivity contribution is -0.0405. The smallest absolute Gasteiger partial charge is 0.138 e. The van der Waals surface area contributed by atoms with Gasteiger partial charge in [0, 0.05) is 25.2 Å². The van der Waals surface area contributed by atoms with E-state index in [4.69, 9.17) is 9.47 Å². The van der Waals surface area contributed by atoms with Gasteiger partial charge in [0.1, 0.15) is 18.5 Å². The van der Waals surface area contributed by atoms with Gasteiger partial charge in [-0.25, -0.2) is 0 Å². The molecule has 1 fully saturated rings. The van der Waals surface area contributed by atoms with E-state index in [1.807, 2.05) is 19.2 Å². The van der Waals surface area contributed by atoms with E-state index < -0.39 is 0 Å². The van der Waals surface area contributed by atoms with Gasteiger partial charge in [0.05, 0.1) is 11.1 Å². The summed E-state index contributed by atoms with van der Waals surface area (Å²) in [7, 11) is 4.05. The summed E-state index contributed by atoms with van der Waals surface area (Å²) in [5.74, 6) is 0.911. The van der Waals surface area contributed by atoms with E-state index in [0.717, 1.165) is 42.0 Å². The molecular formula is C14H21BrN2O2. The Morgan fingerprint density at radius 2 is 2.37 bits per heavy atom. The molecular weight excluding hydrogens is 308 g/mol. The molecule has 0 aliphatic carbocycles. The van der Waals surface area contributed by atoms with E-state index in [1.54, 1.807) is 0 Å². The van der Waals surface area contributed by atoms with Crippen LogP contribution in [0.25, 0.3) is 0 Å². The number of para-hydroxylation sites is 1. The van der Waals surface area contributed by atoms with Crippen LogP contribution in [0.5, 0.6) is 5.75 Å². The van der Waals surface area contributed by atoms with Crippen LogP contribution in [-0.2, 0) is 11.3 Å². The summed E-state index contributed by atoms with van der Waals surface area (Å²) in [4.78, 5) is 2.27. The first-order valence-electron chi connectivity index (χ1n) is 6.55. The zero-order valence-electron chi connectivity index (χ0n) is 11.5. The lowest BCUT2D eigenvalue weighted by Crippen LogP contribution is -2.42. The van der Waals surface area contributed by atoms with Crippen LogP contribution in [0.2, 0.25) is 0 Å². The Kier molecular flexibility index (Phi) is 5.63. The van der Waals surface area contributed by atoms with Crippen molar-refractivity contribution in [3.8, 4) is 5.75 Å². The van der Waals surface area contributed by atoms with E-state index in [9.17, 15) is 0 Å². The van der Waals surface area contributed by atoms with Crippen LogP contribution in [0.4, 0.5) is 0 Å². The van der Waals surface area contributed by atoms with Crippen LogP contribution in [0.15, 0.2) is 22.7 Å². The average Bonchev–Trinajstić information content (AvgIpc) is 2.38. The molecule has 0 saturated carbocycles. The number of hydrogen-bond acceptors (Lipinski definition) is 4. The SMILES string of the molecule is CNCc1cccc(Br)c1OCC1CN(C)CCO1. The van der Waals surface area contributed by atoms with Gasteiger partial charge in [-0.05, 0) is 36.1 Å². The number of benzene rings is 1. The van der Waals surface area contributed by atoms with Gasteiger partial charge >= 0.3 is 0 Å². The van der Waals surface area contributed by atoms with Crippen molar-refractivity contribution in [3.05, 3.63) is 28.2 Å². The van der Waals surface area contributed by atoms with E-state index in [1.165, 1.54) is 0 Å². The van der Waals surface area contributed by atoms with Crippen molar-refractivity contribution in [1.29, 1.82) is 0 Å². The first kappa shape index (κ1) is 14.8. The summed E-state index contributed by atoms with van der Waals surface area (Å²) in [6.45, 7) is 4.08. The molecule has 106 valence electrons. The molecule has 1 atom stereocenters. The largest absolute Gasteiger partial charge is 0.489 e. The zero-order valence-corrected chi connectivity index (χ0v) is 13.1. The highest BCUT2D eigenvalue weighted by Gasteiger charge is 2.19. The monoisotopic (exact) mass is 328 g/mol. The number of rotatable bonds is 5. The maximum atomic E-state index is 5.97. The molecule has 4 nitrogen and oxygen atoms in total. The third-order valence-corrected chi connectivity index (χ3v) is 3.80. The molecule has 0 aromatic heterocycles. The van der Waals surface area contributed by atoms with Crippen molar-refractivity contribution in [2.75, 3.05) is 40.4 Å². The highest BCUT2D eigenvalue weighted by atomic mass is 79.9. The molecule has 1 saturated heterocycles.